The quantitative estimate of drug-likeness (QED) is 0.00790. The van der Waals surface area contributed by atoms with E-state index in [-0.39, 0.29) is 59.0 Å². The van der Waals surface area contributed by atoms with Crippen molar-refractivity contribution in [2.24, 2.45) is 0 Å². The molecule has 1 aliphatic rings. The number of hydrogen-bond donors (Lipinski definition) is 6. The summed E-state index contributed by atoms with van der Waals surface area (Å²) in [5, 5.41) is 47.4. The number of aromatic hydroxyl groups is 3. The number of benzene rings is 3. The Bertz CT molecular complexity index is 2510. The van der Waals surface area contributed by atoms with E-state index in [0.717, 1.165) is 58.5 Å². The summed E-state index contributed by atoms with van der Waals surface area (Å²) in [4.78, 5) is 77.8. The Morgan fingerprint density at radius 3 is 1.61 bits per heavy atom. The number of ketones is 2. The number of carbonyl (C=O) groups excluding carboxylic acids is 5. The van der Waals surface area contributed by atoms with E-state index in [4.69, 9.17) is 23.3 Å². The minimum atomic E-state index is -4.94. The third-order valence-electron chi connectivity index (χ3n) is 15.5. The largest absolute Gasteiger partial charge is 0.507 e. The lowest BCUT2D eigenvalue weighted by Crippen LogP contribution is -2.34. The molecule has 0 aliphatic heterocycles. The number of phenols is 3. The predicted molar refractivity (Wildman–Crippen MR) is 319 cm³/mol. The van der Waals surface area contributed by atoms with Crippen LogP contribution in [-0.2, 0) is 43.8 Å². The molecule has 82 heavy (non-hydrogen) atoms. The van der Waals surface area contributed by atoms with E-state index in [1.807, 2.05) is 0 Å². The van der Waals surface area contributed by atoms with Gasteiger partial charge in [-0.15, -0.1) is 0 Å². The number of ether oxygens (including phenoxy) is 3. The maximum absolute atomic E-state index is 13.9. The summed E-state index contributed by atoms with van der Waals surface area (Å²) in [5.41, 5.74) is -1.65. The first kappa shape index (κ1) is 69.4. The normalized spacial score (nSPS) is 13.6. The highest BCUT2D eigenvalue weighted by Gasteiger charge is 2.40. The maximum Gasteiger partial charge on any atom is 0.472 e. The highest BCUT2D eigenvalue weighted by Crippen LogP contribution is 2.50. The fraction of sp³-hybridized carbons (Fsp3) is 0.672. The molecule has 0 radical (unpaired) electrons. The van der Waals surface area contributed by atoms with Crippen LogP contribution < -0.4 is 5.32 Å². The summed E-state index contributed by atoms with van der Waals surface area (Å²) in [6, 6.07) is 5.28. The van der Waals surface area contributed by atoms with E-state index in [9.17, 15) is 53.9 Å². The molecule has 0 amide bonds. The van der Waals surface area contributed by atoms with Gasteiger partial charge in [-0.2, -0.15) is 0 Å². The molecule has 0 heterocycles. The number of nitrogens with one attached hydrogen (secondary N) is 1. The molecule has 1 aliphatic carbocycles. The number of aliphatic hydroxyl groups is 1. The van der Waals surface area contributed by atoms with Gasteiger partial charge in [0.05, 0.1) is 48.0 Å². The molecule has 3 unspecified atom stereocenters. The predicted octanol–water partition coefficient (Wildman–Crippen LogP) is 15.0. The number of unbranched alkanes of at least 4 members (excludes halogenated alkanes) is 28. The van der Waals surface area contributed by atoms with Crippen molar-refractivity contribution in [1.29, 1.82) is 0 Å². The van der Waals surface area contributed by atoms with Gasteiger partial charge in [0.15, 0.2) is 18.0 Å². The van der Waals surface area contributed by atoms with E-state index < -0.39 is 97.7 Å². The van der Waals surface area contributed by atoms with E-state index in [1.165, 1.54) is 153 Å². The SMILES string of the molecule is CCCCCCCCCCCCCCCCCCC(=O)OCC(COP(=O)(O)OCCNc1cc(CC)c(C(=O)OC)c2c(O)c3c(c(O)c12)C(=O)c1c(O)cccc1C3=O)OC(=O)C(O)CCCCCCCCCCCCCCCC. The third kappa shape index (κ3) is 22.8. The molecular formula is C64H98NO16P. The van der Waals surface area contributed by atoms with Crippen LogP contribution in [0.2, 0.25) is 0 Å². The molecule has 3 aromatic carbocycles. The number of hydrogen-bond acceptors (Lipinski definition) is 16. The van der Waals surface area contributed by atoms with Gasteiger partial charge in [-0.25, -0.2) is 14.2 Å². The molecule has 3 atom stereocenters. The van der Waals surface area contributed by atoms with Gasteiger partial charge in [0.2, 0.25) is 5.78 Å². The zero-order valence-electron chi connectivity index (χ0n) is 49.8. The Hall–Kier alpha value is -5.06. The van der Waals surface area contributed by atoms with E-state index in [0.29, 0.717) is 18.4 Å². The van der Waals surface area contributed by atoms with Crippen LogP contribution in [0.4, 0.5) is 5.69 Å². The van der Waals surface area contributed by atoms with E-state index >= 15 is 0 Å². The number of esters is 3. The van der Waals surface area contributed by atoms with E-state index in [1.54, 1.807) is 6.92 Å². The second kappa shape index (κ2) is 38.7. The summed E-state index contributed by atoms with van der Waals surface area (Å²) in [7, 11) is -3.82. The molecule has 0 bridgehead atoms. The number of methoxy groups -OCH3 is 1. The molecule has 0 saturated heterocycles. The summed E-state index contributed by atoms with van der Waals surface area (Å²) in [5.74, 6) is -6.39. The number of aliphatic hydroxyl groups excluding tert-OH is 1. The van der Waals surface area contributed by atoms with Crippen LogP contribution in [0.15, 0.2) is 24.3 Å². The number of rotatable bonds is 46. The number of fused-ring (bicyclic) bond motifs is 3. The number of anilines is 1. The van der Waals surface area contributed by atoms with Crippen LogP contribution in [-0.4, -0.2) is 100 Å². The number of aryl methyl sites for hydroxylation is 1. The lowest BCUT2D eigenvalue weighted by Gasteiger charge is -2.24. The van der Waals surface area contributed by atoms with Gasteiger partial charge >= 0.3 is 25.7 Å². The van der Waals surface area contributed by atoms with Crippen LogP contribution in [0.5, 0.6) is 17.2 Å². The monoisotopic (exact) mass is 1170 g/mol. The Labute approximate surface area is 487 Å². The van der Waals surface area contributed by atoms with Crippen molar-refractivity contribution < 1.29 is 77.1 Å². The second-order valence-corrected chi connectivity index (χ2v) is 23.5. The number of phosphoric acid groups is 1. The molecule has 4 rings (SSSR count). The van der Waals surface area contributed by atoms with E-state index in [2.05, 4.69) is 19.2 Å². The van der Waals surface area contributed by atoms with Gasteiger partial charge in [-0.3, -0.25) is 23.4 Å². The highest BCUT2D eigenvalue weighted by molar-refractivity contribution is 7.47. The molecule has 0 aromatic heterocycles. The van der Waals surface area contributed by atoms with Gasteiger partial charge < -0.3 is 44.8 Å². The molecule has 0 fully saturated rings. The molecule has 6 N–H and O–H groups in total. The highest BCUT2D eigenvalue weighted by atomic mass is 31.2. The molecule has 0 saturated carbocycles. The summed E-state index contributed by atoms with van der Waals surface area (Å²) >= 11 is 0. The molecule has 3 aromatic rings. The van der Waals surface area contributed by atoms with Crippen molar-refractivity contribution in [2.75, 3.05) is 38.8 Å². The first-order chi connectivity index (χ1) is 39.6. The van der Waals surface area contributed by atoms with Gasteiger partial charge in [0.25, 0.3) is 0 Å². The van der Waals surface area contributed by atoms with Gasteiger partial charge in [0.1, 0.15) is 23.9 Å². The second-order valence-electron chi connectivity index (χ2n) is 22.1. The first-order valence-electron chi connectivity index (χ1n) is 31.1. The van der Waals surface area contributed by atoms with Crippen LogP contribution in [0.1, 0.15) is 274 Å². The first-order valence-corrected chi connectivity index (χ1v) is 32.6. The molecule has 460 valence electrons. The van der Waals surface area contributed by atoms with Gasteiger partial charge in [-0.05, 0) is 37.0 Å². The molecule has 0 spiro atoms. The van der Waals surface area contributed by atoms with Crippen molar-refractivity contribution in [3.63, 3.8) is 0 Å². The smallest absolute Gasteiger partial charge is 0.472 e. The van der Waals surface area contributed by atoms with Crippen molar-refractivity contribution in [3.05, 3.63) is 57.6 Å². The standard InChI is InChI=1S/C64H98NO16P/c1-5-8-10-12-14-16-18-20-22-23-25-27-29-31-33-35-40-52(68)78-44-47(81-63(73)51(67)38-34-32-30-28-26-24-21-19-17-15-13-11-9-6-2)45-80-82(75,76)79-42-41-65-49-43-46(7-3)53(64(74)77-4)56-55(49)61(71)58-57(62(56)72)59(69)48-37-36-39-50(66)54(48)60(58)70/h36-37,39,43,47,51,65-67,71-72H,5-35,38,40-42,44-45H2,1-4H3,(H,75,76). The lowest BCUT2D eigenvalue weighted by atomic mass is 9.79. The lowest BCUT2D eigenvalue weighted by molar-refractivity contribution is -0.168. The fourth-order valence-corrected chi connectivity index (χ4v) is 11.5. The fourth-order valence-electron chi connectivity index (χ4n) is 10.8. The Balaban J connectivity index is 1.32. The van der Waals surface area contributed by atoms with Crippen molar-refractivity contribution in [2.45, 2.75) is 245 Å². The van der Waals surface area contributed by atoms with Crippen LogP contribution in [0, 0.1) is 0 Å². The Morgan fingerprint density at radius 2 is 1.10 bits per heavy atom. The summed E-state index contributed by atoms with van der Waals surface area (Å²) in [6.07, 6.45) is 32.8. The van der Waals surface area contributed by atoms with Crippen LogP contribution in [0.25, 0.3) is 10.8 Å². The van der Waals surface area contributed by atoms with Crippen LogP contribution in [0.3, 0.4) is 0 Å². The average Bonchev–Trinajstić information content (AvgIpc) is 1.04. The molecule has 18 heteroatoms. The van der Waals surface area contributed by atoms with Gasteiger partial charge in [0, 0.05) is 29.6 Å². The summed E-state index contributed by atoms with van der Waals surface area (Å²) < 4.78 is 39.8. The van der Waals surface area contributed by atoms with Crippen LogP contribution >= 0.6 is 7.82 Å². The van der Waals surface area contributed by atoms with Crippen molar-refractivity contribution >= 4 is 53.8 Å². The summed E-state index contributed by atoms with van der Waals surface area (Å²) in [6.45, 7) is 4.11. The van der Waals surface area contributed by atoms with Gasteiger partial charge in [-0.1, -0.05) is 219 Å². The number of phenolic OH excluding ortho intramolecular Hbond substituents is 3. The van der Waals surface area contributed by atoms with Crippen molar-refractivity contribution in [3.8, 4) is 17.2 Å². The third-order valence-corrected chi connectivity index (χ3v) is 16.5. The minimum absolute atomic E-state index is 0.0248. The molecular weight excluding hydrogens is 1070 g/mol. The Kier molecular flexibility index (Phi) is 32.8. The number of phosphoric ester groups is 1. The average molecular weight is 1170 g/mol. The van der Waals surface area contributed by atoms with Crippen molar-refractivity contribution in [1.82, 2.24) is 0 Å². The number of carbonyl (C=O) groups is 5. The zero-order chi connectivity index (χ0) is 59.7. The molecule has 17 nitrogen and oxygen atoms in total. The topological polar surface area (TPSA) is 262 Å². The Morgan fingerprint density at radius 1 is 0.610 bits per heavy atom. The zero-order valence-corrected chi connectivity index (χ0v) is 50.7. The maximum atomic E-state index is 13.9. The minimum Gasteiger partial charge on any atom is -0.507 e.